The van der Waals surface area contributed by atoms with Crippen LogP contribution in [0.4, 0.5) is 0 Å². The van der Waals surface area contributed by atoms with E-state index < -0.39 is 0 Å². The molecule has 1 atom stereocenters. The minimum Gasteiger partial charge on any atom is -0.393 e. The zero-order valence-electron chi connectivity index (χ0n) is 11.1. The van der Waals surface area contributed by atoms with Crippen LogP contribution < -0.4 is 5.32 Å². The number of hydrogen-bond acceptors (Lipinski definition) is 2. The smallest absolute Gasteiger partial charge is 0.219 e. The summed E-state index contributed by atoms with van der Waals surface area (Å²) in [6.07, 6.45) is 10.1. The van der Waals surface area contributed by atoms with Crippen LogP contribution in [0.2, 0.25) is 0 Å². The van der Waals surface area contributed by atoms with Crippen LogP contribution in [0.3, 0.4) is 0 Å². The molecule has 0 aromatic heterocycles. The summed E-state index contributed by atoms with van der Waals surface area (Å²) < 4.78 is 0. The molecule has 0 aliphatic heterocycles. The number of carbonyl (C=O) groups is 1. The van der Waals surface area contributed by atoms with Crippen molar-refractivity contribution in [2.45, 2.75) is 70.8 Å². The first-order valence-corrected chi connectivity index (χ1v) is 7.13. The summed E-state index contributed by atoms with van der Waals surface area (Å²) in [5.41, 5.74) is 0. The third-order valence-corrected chi connectivity index (χ3v) is 3.63. The molecule has 0 bridgehead atoms. The number of rotatable bonds is 7. The molecule has 1 aliphatic carbocycles. The van der Waals surface area contributed by atoms with E-state index in [4.69, 9.17) is 5.11 Å². The van der Waals surface area contributed by atoms with Crippen molar-refractivity contribution in [1.29, 1.82) is 0 Å². The van der Waals surface area contributed by atoms with E-state index in [-0.39, 0.29) is 12.0 Å². The Kier molecular flexibility index (Phi) is 7.25. The molecule has 0 radical (unpaired) electrons. The van der Waals surface area contributed by atoms with Gasteiger partial charge in [-0.05, 0) is 32.1 Å². The Labute approximate surface area is 105 Å². The maximum absolute atomic E-state index is 11.5. The fourth-order valence-electron chi connectivity index (χ4n) is 2.54. The average Bonchev–Trinajstić information content (AvgIpc) is 2.30. The molecule has 0 aromatic carbocycles. The molecule has 100 valence electrons. The van der Waals surface area contributed by atoms with Gasteiger partial charge in [-0.2, -0.15) is 0 Å². The van der Waals surface area contributed by atoms with E-state index in [9.17, 15) is 4.79 Å². The van der Waals surface area contributed by atoms with E-state index in [1.165, 1.54) is 38.5 Å². The van der Waals surface area contributed by atoms with Crippen LogP contribution >= 0.6 is 0 Å². The molecule has 0 saturated heterocycles. The molecule has 17 heavy (non-hydrogen) atoms. The molecular formula is C14H27NO2. The summed E-state index contributed by atoms with van der Waals surface area (Å²) in [7, 11) is 0. The lowest BCUT2D eigenvalue weighted by atomic mass is 9.86. The van der Waals surface area contributed by atoms with Crippen LogP contribution in [0, 0.1) is 5.92 Å². The Bertz CT molecular complexity index is 210. The third-order valence-electron chi connectivity index (χ3n) is 3.63. The normalized spacial score (nSPS) is 18.9. The Morgan fingerprint density at radius 2 is 2.06 bits per heavy atom. The van der Waals surface area contributed by atoms with Gasteiger partial charge in [0.15, 0.2) is 0 Å². The molecule has 0 heterocycles. The standard InChI is InChI=1S/C14H27NO2/c1-12(16)10-11-15-14(17)9-5-8-13-6-3-2-4-7-13/h12-13,16H,2-11H2,1H3,(H,15,17). The van der Waals surface area contributed by atoms with Crippen molar-refractivity contribution < 1.29 is 9.90 Å². The van der Waals surface area contributed by atoms with Gasteiger partial charge in [-0.3, -0.25) is 4.79 Å². The Morgan fingerprint density at radius 1 is 1.35 bits per heavy atom. The van der Waals surface area contributed by atoms with Gasteiger partial charge in [0.25, 0.3) is 0 Å². The van der Waals surface area contributed by atoms with Gasteiger partial charge in [-0.1, -0.05) is 32.1 Å². The summed E-state index contributed by atoms with van der Waals surface area (Å²) in [6.45, 7) is 2.34. The van der Waals surface area contributed by atoms with Gasteiger partial charge in [0.1, 0.15) is 0 Å². The fraction of sp³-hybridized carbons (Fsp3) is 0.929. The number of aliphatic hydroxyl groups excluding tert-OH is 1. The van der Waals surface area contributed by atoms with Crippen LogP contribution in [-0.4, -0.2) is 23.7 Å². The zero-order valence-corrected chi connectivity index (χ0v) is 11.1. The van der Waals surface area contributed by atoms with Crippen LogP contribution in [0.25, 0.3) is 0 Å². The molecule has 3 heteroatoms. The van der Waals surface area contributed by atoms with Crippen molar-refractivity contribution in [2.75, 3.05) is 6.54 Å². The van der Waals surface area contributed by atoms with Gasteiger partial charge >= 0.3 is 0 Å². The lowest BCUT2D eigenvalue weighted by molar-refractivity contribution is -0.121. The predicted molar refractivity (Wildman–Crippen MR) is 69.7 cm³/mol. The molecule has 1 aliphatic rings. The second-order valence-electron chi connectivity index (χ2n) is 5.38. The van der Waals surface area contributed by atoms with Crippen molar-refractivity contribution in [2.24, 2.45) is 5.92 Å². The van der Waals surface area contributed by atoms with Gasteiger partial charge < -0.3 is 10.4 Å². The second kappa shape index (κ2) is 8.51. The summed E-state index contributed by atoms with van der Waals surface area (Å²) in [4.78, 5) is 11.5. The van der Waals surface area contributed by atoms with Crippen molar-refractivity contribution in [3.63, 3.8) is 0 Å². The molecule has 1 saturated carbocycles. The Morgan fingerprint density at radius 3 is 2.71 bits per heavy atom. The molecule has 0 spiro atoms. The van der Waals surface area contributed by atoms with Crippen LogP contribution in [0.1, 0.15) is 64.7 Å². The van der Waals surface area contributed by atoms with Crippen LogP contribution in [0.15, 0.2) is 0 Å². The first kappa shape index (κ1) is 14.5. The van der Waals surface area contributed by atoms with Crippen molar-refractivity contribution in [3.8, 4) is 0 Å². The monoisotopic (exact) mass is 241 g/mol. The number of hydrogen-bond donors (Lipinski definition) is 2. The van der Waals surface area contributed by atoms with Gasteiger partial charge in [0.2, 0.25) is 5.91 Å². The van der Waals surface area contributed by atoms with E-state index in [0.29, 0.717) is 19.4 Å². The van der Waals surface area contributed by atoms with Gasteiger partial charge in [0, 0.05) is 13.0 Å². The number of amides is 1. The quantitative estimate of drug-likeness (QED) is 0.720. The van der Waals surface area contributed by atoms with Crippen molar-refractivity contribution in [3.05, 3.63) is 0 Å². The molecule has 0 aromatic rings. The van der Waals surface area contributed by atoms with E-state index in [0.717, 1.165) is 12.3 Å². The summed E-state index contributed by atoms with van der Waals surface area (Å²) in [6, 6.07) is 0. The lowest BCUT2D eigenvalue weighted by Gasteiger charge is -2.21. The SMILES string of the molecule is CC(O)CCNC(=O)CCCC1CCCCC1. The molecular weight excluding hydrogens is 214 g/mol. The van der Waals surface area contributed by atoms with Crippen molar-refractivity contribution in [1.82, 2.24) is 5.32 Å². The lowest BCUT2D eigenvalue weighted by Crippen LogP contribution is -2.26. The highest BCUT2D eigenvalue weighted by molar-refractivity contribution is 5.75. The third kappa shape index (κ3) is 7.37. The highest BCUT2D eigenvalue weighted by Gasteiger charge is 2.13. The van der Waals surface area contributed by atoms with Gasteiger partial charge in [-0.25, -0.2) is 0 Å². The van der Waals surface area contributed by atoms with Gasteiger partial charge in [-0.15, -0.1) is 0 Å². The van der Waals surface area contributed by atoms with E-state index in [1.807, 2.05) is 0 Å². The summed E-state index contributed by atoms with van der Waals surface area (Å²) >= 11 is 0. The highest BCUT2D eigenvalue weighted by Crippen LogP contribution is 2.27. The molecule has 1 unspecified atom stereocenters. The Hall–Kier alpha value is -0.570. The number of carbonyl (C=O) groups excluding carboxylic acids is 1. The number of aliphatic hydroxyl groups is 1. The zero-order chi connectivity index (χ0) is 12.5. The summed E-state index contributed by atoms with van der Waals surface area (Å²) in [5.74, 6) is 1.01. The second-order valence-corrected chi connectivity index (χ2v) is 5.38. The average molecular weight is 241 g/mol. The van der Waals surface area contributed by atoms with Crippen LogP contribution in [0.5, 0.6) is 0 Å². The summed E-state index contributed by atoms with van der Waals surface area (Å²) in [5, 5.41) is 11.9. The maximum Gasteiger partial charge on any atom is 0.219 e. The minimum absolute atomic E-state index is 0.140. The maximum atomic E-state index is 11.5. The molecule has 1 fully saturated rings. The number of nitrogens with one attached hydrogen (secondary N) is 1. The van der Waals surface area contributed by atoms with E-state index in [2.05, 4.69) is 5.32 Å². The Balaban J connectivity index is 1.95. The van der Waals surface area contributed by atoms with Crippen molar-refractivity contribution >= 4 is 5.91 Å². The minimum atomic E-state index is -0.322. The molecule has 2 N–H and O–H groups in total. The van der Waals surface area contributed by atoms with Gasteiger partial charge in [0.05, 0.1) is 6.10 Å². The van der Waals surface area contributed by atoms with E-state index >= 15 is 0 Å². The first-order chi connectivity index (χ1) is 8.18. The molecule has 1 amide bonds. The highest BCUT2D eigenvalue weighted by atomic mass is 16.3. The molecule has 1 rings (SSSR count). The van der Waals surface area contributed by atoms with Crippen LogP contribution in [-0.2, 0) is 4.79 Å². The largest absolute Gasteiger partial charge is 0.393 e. The predicted octanol–water partition coefficient (Wildman–Crippen LogP) is 2.62. The molecule has 3 nitrogen and oxygen atoms in total. The first-order valence-electron chi connectivity index (χ1n) is 7.13. The van der Waals surface area contributed by atoms with E-state index in [1.54, 1.807) is 6.92 Å². The fourth-order valence-corrected chi connectivity index (χ4v) is 2.54. The topological polar surface area (TPSA) is 49.3 Å².